The number of likely N-dealkylation sites (tertiary alicyclic amines) is 1. The van der Waals surface area contributed by atoms with E-state index >= 15 is 0 Å². The molecule has 1 amide bonds. The standard InChI is InChI=1S/C38H53NO9/c1-3-43-37(41)30-18-21-35(31(26-30)27-36(40)39-22-10-15-34(28-39)48-38(42)44-4-2)47-25-11-12-29-16-19-33(20-17-29)46-24-9-8-23-45-32-13-6-5-7-14-32/h16-21,26,32,34H,3-15,22-25,27-28H2,1-2H3. The summed E-state index contributed by atoms with van der Waals surface area (Å²) in [5, 5.41) is 0. The molecule has 2 aromatic carbocycles. The molecule has 1 aliphatic carbocycles. The van der Waals surface area contributed by atoms with E-state index in [1.807, 2.05) is 12.1 Å². The van der Waals surface area contributed by atoms with Gasteiger partial charge in [0.25, 0.3) is 0 Å². The molecule has 2 fully saturated rings. The maximum absolute atomic E-state index is 13.4. The summed E-state index contributed by atoms with van der Waals surface area (Å²) in [5.74, 6) is 0.843. The van der Waals surface area contributed by atoms with Gasteiger partial charge < -0.3 is 33.3 Å². The summed E-state index contributed by atoms with van der Waals surface area (Å²) >= 11 is 0. The van der Waals surface area contributed by atoms with Crippen LogP contribution in [0.1, 0.15) is 99.5 Å². The number of piperidine rings is 1. The van der Waals surface area contributed by atoms with Gasteiger partial charge in [0.2, 0.25) is 5.91 Å². The molecule has 10 nitrogen and oxygen atoms in total. The van der Waals surface area contributed by atoms with E-state index in [0.29, 0.717) is 62.1 Å². The SMILES string of the molecule is CCOC(=O)OC1CCCN(C(=O)Cc2cc(C(=O)OCC)ccc2OCCCc2ccc(OCCCCOC3CCCCC3)cc2)C1. The topological polar surface area (TPSA) is 110 Å². The molecule has 0 radical (unpaired) electrons. The lowest BCUT2D eigenvalue weighted by Crippen LogP contribution is -2.44. The number of rotatable bonds is 18. The van der Waals surface area contributed by atoms with Crippen LogP contribution in [0.3, 0.4) is 0 Å². The summed E-state index contributed by atoms with van der Waals surface area (Å²) in [5.41, 5.74) is 2.16. The molecular weight excluding hydrogens is 614 g/mol. The number of carbonyl (C=O) groups is 3. The zero-order chi connectivity index (χ0) is 34.0. The second-order valence-electron chi connectivity index (χ2n) is 12.4. The summed E-state index contributed by atoms with van der Waals surface area (Å²) in [6.07, 6.45) is 10.7. The molecule has 1 saturated heterocycles. The highest BCUT2D eigenvalue weighted by Crippen LogP contribution is 2.25. The van der Waals surface area contributed by atoms with Crippen LogP contribution >= 0.6 is 0 Å². The van der Waals surface area contributed by atoms with Crippen LogP contribution in [-0.4, -0.2) is 81.3 Å². The van der Waals surface area contributed by atoms with Gasteiger partial charge in [0.1, 0.15) is 17.6 Å². The van der Waals surface area contributed by atoms with Gasteiger partial charge in [-0.15, -0.1) is 0 Å². The van der Waals surface area contributed by atoms with Gasteiger partial charge in [0.15, 0.2) is 0 Å². The van der Waals surface area contributed by atoms with Crippen LogP contribution < -0.4 is 9.47 Å². The smallest absolute Gasteiger partial charge is 0.494 e. The summed E-state index contributed by atoms with van der Waals surface area (Å²) in [6.45, 7) is 6.75. The van der Waals surface area contributed by atoms with Crippen molar-refractivity contribution in [2.24, 2.45) is 0 Å². The summed E-state index contributed by atoms with van der Waals surface area (Å²) < 4.78 is 33.5. The Bertz CT molecular complexity index is 1280. The Kier molecular flexibility index (Phi) is 15.9. The lowest BCUT2D eigenvalue weighted by Gasteiger charge is -2.32. The minimum absolute atomic E-state index is 0.0453. The van der Waals surface area contributed by atoms with E-state index in [2.05, 4.69) is 12.1 Å². The molecule has 10 heteroatoms. The molecule has 264 valence electrons. The monoisotopic (exact) mass is 667 g/mol. The third-order valence-corrected chi connectivity index (χ3v) is 8.67. The Morgan fingerprint density at radius 3 is 2.27 bits per heavy atom. The van der Waals surface area contributed by atoms with Gasteiger partial charge in [-0.05, 0) is 101 Å². The Morgan fingerprint density at radius 1 is 0.771 bits per heavy atom. The molecule has 1 saturated carbocycles. The van der Waals surface area contributed by atoms with Crippen LogP contribution in [0.5, 0.6) is 11.5 Å². The number of carbonyl (C=O) groups excluding carboxylic acids is 3. The number of hydrogen-bond acceptors (Lipinski definition) is 9. The van der Waals surface area contributed by atoms with Crippen LogP contribution in [0.15, 0.2) is 42.5 Å². The molecular formula is C38H53NO9. The second-order valence-corrected chi connectivity index (χ2v) is 12.4. The van der Waals surface area contributed by atoms with Crippen LogP contribution in [0, 0.1) is 0 Å². The van der Waals surface area contributed by atoms with Gasteiger partial charge in [-0.2, -0.15) is 0 Å². The Labute approximate surface area is 285 Å². The fourth-order valence-electron chi connectivity index (χ4n) is 6.11. The lowest BCUT2D eigenvalue weighted by molar-refractivity contribution is -0.134. The van der Waals surface area contributed by atoms with Crippen molar-refractivity contribution in [3.05, 3.63) is 59.2 Å². The van der Waals surface area contributed by atoms with Crippen molar-refractivity contribution in [3.8, 4) is 11.5 Å². The predicted octanol–water partition coefficient (Wildman–Crippen LogP) is 7.09. The largest absolute Gasteiger partial charge is 0.508 e. The predicted molar refractivity (Wildman–Crippen MR) is 182 cm³/mol. The molecule has 0 aromatic heterocycles. The number of benzene rings is 2. The molecule has 1 heterocycles. The molecule has 0 bridgehead atoms. The highest BCUT2D eigenvalue weighted by molar-refractivity contribution is 5.90. The van der Waals surface area contributed by atoms with Crippen LogP contribution in [0.4, 0.5) is 4.79 Å². The molecule has 1 unspecified atom stereocenters. The van der Waals surface area contributed by atoms with Gasteiger partial charge in [0.05, 0.1) is 51.1 Å². The number of ether oxygens (including phenoxy) is 6. The van der Waals surface area contributed by atoms with Gasteiger partial charge in [-0.1, -0.05) is 31.4 Å². The lowest BCUT2D eigenvalue weighted by atomic mass is 9.98. The number of unbranched alkanes of at least 4 members (excludes halogenated alkanes) is 1. The minimum Gasteiger partial charge on any atom is -0.494 e. The normalized spacial score (nSPS) is 16.6. The van der Waals surface area contributed by atoms with Gasteiger partial charge in [0, 0.05) is 18.7 Å². The van der Waals surface area contributed by atoms with E-state index < -0.39 is 18.2 Å². The van der Waals surface area contributed by atoms with Gasteiger partial charge in [-0.3, -0.25) is 4.79 Å². The summed E-state index contributed by atoms with van der Waals surface area (Å²) in [6, 6.07) is 13.2. The van der Waals surface area contributed by atoms with Crippen molar-refractivity contribution in [3.63, 3.8) is 0 Å². The first-order valence-corrected chi connectivity index (χ1v) is 17.8. The zero-order valence-corrected chi connectivity index (χ0v) is 28.8. The molecule has 4 rings (SSSR count). The highest BCUT2D eigenvalue weighted by atomic mass is 16.7. The quantitative estimate of drug-likeness (QED) is 0.122. The highest BCUT2D eigenvalue weighted by Gasteiger charge is 2.27. The molecule has 48 heavy (non-hydrogen) atoms. The Hall–Kier alpha value is -3.79. The summed E-state index contributed by atoms with van der Waals surface area (Å²) in [4.78, 5) is 39.3. The summed E-state index contributed by atoms with van der Waals surface area (Å²) in [7, 11) is 0. The number of hydrogen-bond donors (Lipinski definition) is 0. The van der Waals surface area contributed by atoms with Crippen molar-refractivity contribution >= 4 is 18.0 Å². The maximum Gasteiger partial charge on any atom is 0.508 e. The molecule has 0 N–H and O–H groups in total. The first-order chi connectivity index (χ1) is 23.4. The van der Waals surface area contributed by atoms with E-state index in [-0.39, 0.29) is 25.5 Å². The van der Waals surface area contributed by atoms with Crippen LogP contribution in [0.25, 0.3) is 0 Å². The van der Waals surface area contributed by atoms with E-state index in [4.69, 9.17) is 28.4 Å². The third kappa shape index (κ3) is 12.7. The second kappa shape index (κ2) is 20.5. The van der Waals surface area contributed by atoms with E-state index in [9.17, 15) is 14.4 Å². The van der Waals surface area contributed by atoms with Gasteiger partial charge >= 0.3 is 12.1 Å². The first-order valence-electron chi connectivity index (χ1n) is 17.8. The number of aryl methyl sites for hydroxylation is 1. The van der Waals surface area contributed by atoms with E-state index in [0.717, 1.165) is 38.0 Å². The molecule has 0 spiro atoms. The minimum atomic E-state index is -0.722. The average molecular weight is 668 g/mol. The zero-order valence-electron chi connectivity index (χ0n) is 28.8. The molecule has 2 aliphatic rings. The van der Waals surface area contributed by atoms with Gasteiger partial charge in [-0.25, -0.2) is 9.59 Å². The molecule has 2 aromatic rings. The first kappa shape index (κ1) is 37.0. The number of nitrogens with zero attached hydrogens (tertiary/aromatic N) is 1. The van der Waals surface area contributed by atoms with Crippen molar-refractivity contribution in [2.75, 3.05) is 46.1 Å². The molecule has 1 aliphatic heterocycles. The van der Waals surface area contributed by atoms with Crippen molar-refractivity contribution in [1.82, 2.24) is 4.90 Å². The van der Waals surface area contributed by atoms with E-state index in [1.54, 1.807) is 36.9 Å². The average Bonchev–Trinajstić information content (AvgIpc) is 3.10. The van der Waals surface area contributed by atoms with Crippen LogP contribution in [-0.2, 0) is 36.6 Å². The van der Waals surface area contributed by atoms with E-state index in [1.165, 1.54) is 37.7 Å². The third-order valence-electron chi connectivity index (χ3n) is 8.67. The number of amides is 1. The maximum atomic E-state index is 13.4. The number of esters is 1. The Balaban J connectivity index is 1.22. The fraction of sp³-hybridized carbons (Fsp3) is 0.605. The van der Waals surface area contributed by atoms with Crippen molar-refractivity contribution in [2.45, 2.75) is 103 Å². The fourth-order valence-corrected chi connectivity index (χ4v) is 6.11. The van der Waals surface area contributed by atoms with Crippen LogP contribution in [0.2, 0.25) is 0 Å². The van der Waals surface area contributed by atoms with Crippen molar-refractivity contribution < 1.29 is 42.8 Å². The molecule has 1 atom stereocenters. The van der Waals surface area contributed by atoms with Crippen molar-refractivity contribution in [1.29, 1.82) is 0 Å². The Morgan fingerprint density at radius 2 is 1.50 bits per heavy atom.